The van der Waals surface area contributed by atoms with Gasteiger partial charge in [-0.25, -0.2) is 0 Å². The third-order valence-electron chi connectivity index (χ3n) is 3.19. The Labute approximate surface area is 102 Å². The number of benzene rings is 1. The van der Waals surface area contributed by atoms with Crippen LogP contribution in [0.3, 0.4) is 0 Å². The van der Waals surface area contributed by atoms with Gasteiger partial charge in [-0.3, -0.25) is 4.79 Å². The van der Waals surface area contributed by atoms with E-state index in [1.165, 1.54) is 6.42 Å². The second-order valence-corrected chi connectivity index (χ2v) is 4.48. The number of amides is 1. The minimum Gasteiger partial charge on any atom is -0.378 e. The zero-order valence-electron chi connectivity index (χ0n) is 10.3. The van der Waals surface area contributed by atoms with Crippen molar-refractivity contribution in [3.63, 3.8) is 0 Å². The highest BCUT2D eigenvalue weighted by atomic mass is 16.5. The van der Waals surface area contributed by atoms with Crippen LogP contribution in [-0.4, -0.2) is 25.7 Å². The lowest BCUT2D eigenvalue weighted by Gasteiger charge is -2.24. The smallest absolute Gasteiger partial charge is 0.229 e. The number of carbonyl (C=O) groups is 1. The first-order valence-electron chi connectivity index (χ1n) is 6.20. The Morgan fingerprint density at radius 1 is 1.35 bits per heavy atom. The number of ether oxygens (including phenoxy) is 1. The van der Waals surface area contributed by atoms with Crippen molar-refractivity contribution in [2.45, 2.75) is 31.8 Å². The zero-order chi connectivity index (χ0) is 12.1. The predicted octanol–water partition coefficient (Wildman–Crippen LogP) is 2.61. The Bertz CT molecular complexity index is 358. The number of hydrogen-bond donors (Lipinski definition) is 0. The lowest BCUT2D eigenvalue weighted by Crippen LogP contribution is -2.32. The van der Waals surface area contributed by atoms with E-state index in [-0.39, 0.29) is 12.0 Å². The molecule has 0 aliphatic carbocycles. The van der Waals surface area contributed by atoms with E-state index in [1.807, 2.05) is 37.4 Å². The predicted molar refractivity (Wildman–Crippen MR) is 68.1 cm³/mol. The molecule has 0 N–H and O–H groups in total. The van der Waals surface area contributed by atoms with Crippen LogP contribution < -0.4 is 4.90 Å². The molecule has 3 heteroatoms. The summed E-state index contributed by atoms with van der Waals surface area (Å²) >= 11 is 0. The van der Waals surface area contributed by atoms with Crippen LogP contribution in [0.2, 0.25) is 0 Å². The normalized spacial score (nSPS) is 19.9. The summed E-state index contributed by atoms with van der Waals surface area (Å²) < 4.78 is 5.59. The zero-order valence-corrected chi connectivity index (χ0v) is 10.3. The van der Waals surface area contributed by atoms with Gasteiger partial charge in [0.15, 0.2) is 0 Å². The SMILES string of the molecule is CN(C(=O)CC1CCCCO1)c1ccccc1. The van der Waals surface area contributed by atoms with Crippen LogP contribution in [0.4, 0.5) is 5.69 Å². The Kier molecular flexibility index (Phi) is 4.15. The fourth-order valence-corrected chi connectivity index (χ4v) is 2.10. The molecule has 2 rings (SSSR count). The summed E-state index contributed by atoms with van der Waals surface area (Å²) in [6, 6.07) is 9.72. The van der Waals surface area contributed by atoms with Crippen molar-refractivity contribution in [1.82, 2.24) is 0 Å². The summed E-state index contributed by atoms with van der Waals surface area (Å²) in [5.74, 6) is 0.128. The van der Waals surface area contributed by atoms with E-state index in [1.54, 1.807) is 4.90 Å². The van der Waals surface area contributed by atoms with Gasteiger partial charge in [0.05, 0.1) is 12.5 Å². The largest absolute Gasteiger partial charge is 0.378 e. The number of rotatable bonds is 3. The average molecular weight is 233 g/mol. The summed E-state index contributed by atoms with van der Waals surface area (Å²) in [6.45, 7) is 0.799. The van der Waals surface area contributed by atoms with Crippen molar-refractivity contribution in [2.24, 2.45) is 0 Å². The second kappa shape index (κ2) is 5.82. The lowest BCUT2D eigenvalue weighted by atomic mass is 10.1. The molecule has 0 aromatic heterocycles. The van der Waals surface area contributed by atoms with Crippen molar-refractivity contribution in [1.29, 1.82) is 0 Å². The van der Waals surface area contributed by atoms with Gasteiger partial charge < -0.3 is 9.64 Å². The van der Waals surface area contributed by atoms with Gasteiger partial charge in [0, 0.05) is 19.3 Å². The summed E-state index contributed by atoms with van der Waals surface area (Å²) in [7, 11) is 1.82. The molecule has 1 unspecified atom stereocenters. The minimum absolute atomic E-state index is 0.113. The molecule has 92 valence electrons. The number of hydrogen-bond acceptors (Lipinski definition) is 2. The van der Waals surface area contributed by atoms with Gasteiger partial charge >= 0.3 is 0 Å². The van der Waals surface area contributed by atoms with Gasteiger partial charge in [-0.05, 0) is 31.4 Å². The first-order valence-corrected chi connectivity index (χ1v) is 6.20. The van der Waals surface area contributed by atoms with Gasteiger partial charge in [0.25, 0.3) is 0 Å². The van der Waals surface area contributed by atoms with Crippen LogP contribution in [0.1, 0.15) is 25.7 Å². The van der Waals surface area contributed by atoms with Gasteiger partial charge in [-0.1, -0.05) is 18.2 Å². The van der Waals surface area contributed by atoms with Crippen molar-refractivity contribution < 1.29 is 9.53 Å². The monoisotopic (exact) mass is 233 g/mol. The molecule has 1 fully saturated rings. The van der Waals surface area contributed by atoms with E-state index in [9.17, 15) is 4.79 Å². The lowest BCUT2D eigenvalue weighted by molar-refractivity contribution is -0.122. The number of para-hydroxylation sites is 1. The van der Waals surface area contributed by atoms with Crippen LogP contribution >= 0.6 is 0 Å². The van der Waals surface area contributed by atoms with Crippen molar-refractivity contribution >= 4 is 11.6 Å². The Morgan fingerprint density at radius 2 is 2.12 bits per heavy atom. The Balaban J connectivity index is 1.91. The quantitative estimate of drug-likeness (QED) is 0.803. The Hall–Kier alpha value is -1.35. The van der Waals surface area contributed by atoms with Crippen LogP contribution in [0.5, 0.6) is 0 Å². The minimum atomic E-state index is 0.113. The molecule has 0 bridgehead atoms. The highest BCUT2D eigenvalue weighted by molar-refractivity contribution is 5.93. The molecule has 0 saturated carbocycles. The van der Waals surface area contributed by atoms with E-state index in [4.69, 9.17) is 4.74 Å². The van der Waals surface area contributed by atoms with E-state index >= 15 is 0 Å². The first kappa shape index (κ1) is 12.1. The molecule has 1 amide bonds. The number of anilines is 1. The van der Waals surface area contributed by atoms with Crippen molar-refractivity contribution in [2.75, 3.05) is 18.6 Å². The second-order valence-electron chi connectivity index (χ2n) is 4.48. The van der Waals surface area contributed by atoms with Gasteiger partial charge in [-0.2, -0.15) is 0 Å². The standard InChI is InChI=1S/C14H19NO2/c1-15(12-7-3-2-4-8-12)14(16)11-13-9-5-6-10-17-13/h2-4,7-8,13H,5-6,9-11H2,1H3. The molecule has 0 spiro atoms. The molecular weight excluding hydrogens is 214 g/mol. The molecule has 0 radical (unpaired) electrons. The van der Waals surface area contributed by atoms with Crippen LogP contribution in [0, 0.1) is 0 Å². The first-order chi connectivity index (χ1) is 8.27. The summed E-state index contributed by atoms with van der Waals surface area (Å²) in [5.41, 5.74) is 0.938. The third-order valence-corrected chi connectivity index (χ3v) is 3.19. The molecule has 17 heavy (non-hydrogen) atoms. The maximum atomic E-state index is 12.1. The fourth-order valence-electron chi connectivity index (χ4n) is 2.10. The molecule has 1 aliphatic heterocycles. The Morgan fingerprint density at radius 3 is 2.76 bits per heavy atom. The van der Waals surface area contributed by atoms with Gasteiger partial charge in [0.2, 0.25) is 5.91 Å². The maximum absolute atomic E-state index is 12.1. The van der Waals surface area contributed by atoms with Gasteiger partial charge in [-0.15, -0.1) is 0 Å². The van der Waals surface area contributed by atoms with E-state index < -0.39 is 0 Å². The van der Waals surface area contributed by atoms with Crippen molar-refractivity contribution in [3.05, 3.63) is 30.3 Å². The topological polar surface area (TPSA) is 29.5 Å². The highest BCUT2D eigenvalue weighted by Crippen LogP contribution is 2.18. The van der Waals surface area contributed by atoms with Gasteiger partial charge in [0.1, 0.15) is 0 Å². The average Bonchev–Trinajstić information content (AvgIpc) is 2.40. The molecular formula is C14H19NO2. The van der Waals surface area contributed by atoms with E-state index in [2.05, 4.69) is 0 Å². The van der Waals surface area contributed by atoms with Crippen LogP contribution in [0.25, 0.3) is 0 Å². The molecule has 3 nitrogen and oxygen atoms in total. The molecule has 1 aromatic carbocycles. The van der Waals surface area contributed by atoms with Crippen LogP contribution in [-0.2, 0) is 9.53 Å². The molecule has 1 saturated heterocycles. The third kappa shape index (κ3) is 3.30. The fraction of sp³-hybridized carbons (Fsp3) is 0.500. The summed E-state index contributed by atoms with van der Waals surface area (Å²) in [4.78, 5) is 13.8. The maximum Gasteiger partial charge on any atom is 0.229 e. The molecule has 1 aliphatic rings. The number of carbonyl (C=O) groups excluding carboxylic acids is 1. The molecule has 1 aromatic rings. The molecule has 1 atom stereocenters. The highest BCUT2D eigenvalue weighted by Gasteiger charge is 2.20. The summed E-state index contributed by atoms with van der Waals surface area (Å²) in [6.07, 6.45) is 3.91. The van der Waals surface area contributed by atoms with Crippen LogP contribution in [0.15, 0.2) is 30.3 Å². The van der Waals surface area contributed by atoms with Crippen molar-refractivity contribution in [3.8, 4) is 0 Å². The number of nitrogens with zero attached hydrogens (tertiary/aromatic N) is 1. The van der Waals surface area contributed by atoms with E-state index in [0.29, 0.717) is 6.42 Å². The summed E-state index contributed by atoms with van der Waals surface area (Å²) in [5, 5.41) is 0. The molecule has 1 heterocycles. The van der Waals surface area contributed by atoms with E-state index in [0.717, 1.165) is 25.1 Å².